The molecule has 144 valence electrons. The Morgan fingerprint density at radius 1 is 1.21 bits per heavy atom. The molecule has 9 heteroatoms. The maximum atomic E-state index is 6.48. The van der Waals surface area contributed by atoms with Crippen LogP contribution in [0, 0.1) is 0 Å². The molecule has 0 saturated carbocycles. The number of anilines is 2. The number of fused-ring (bicyclic) bond motifs is 1. The first kappa shape index (κ1) is 18.3. The Kier molecular flexibility index (Phi) is 5.14. The van der Waals surface area contributed by atoms with Crippen LogP contribution in [0.2, 0.25) is 5.02 Å². The van der Waals surface area contributed by atoms with Crippen molar-refractivity contribution in [2.75, 3.05) is 25.6 Å². The van der Waals surface area contributed by atoms with Crippen LogP contribution in [0.5, 0.6) is 5.75 Å². The van der Waals surface area contributed by atoms with Crippen LogP contribution in [0.15, 0.2) is 42.6 Å². The summed E-state index contributed by atoms with van der Waals surface area (Å²) in [6.45, 7) is 1.01. The molecule has 2 N–H and O–H groups in total. The molecule has 0 aliphatic rings. The number of nitrogens with one attached hydrogen (secondary N) is 2. The lowest BCUT2D eigenvalue weighted by Crippen LogP contribution is -2.04. The summed E-state index contributed by atoms with van der Waals surface area (Å²) < 4.78 is 12.3. The van der Waals surface area contributed by atoms with E-state index in [0.717, 1.165) is 27.9 Å². The third-order valence-corrected chi connectivity index (χ3v) is 4.62. The van der Waals surface area contributed by atoms with Crippen molar-refractivity contribution in [1.82, 2.24) is 25.0 Å². The Bertz CT molecular complexity index is 1110. The topological polar surface area (TPSA) is 89.9 Å². The lowest BCUT2D eigenvalue weighted by atomic mass is 10.2. The highest BCUT2D eigenvalue weighted by Crippen LogP contribution is 2.32. The van der Waals surface area contributed by atoms with Gasteiger partial charge in [0.05, 0.1) is 29.0 Å². The predicted molar refractivity (Wildman–Crippen MR) is 108 cm³/mol. The molecule has 2 aromatic carbocycles. The highest BCUT2D eigenvalue weighted by Gasteiger charge is 2.13. The molecular formula is C19H19ClN6O2. The van der Waals surface area contributed by atoms with E-state index in [1.165, 1.54) is 0 Å². The van der Waals surface area contributed by atoms with Gasteiger partial charge in [-0.2, -0.15) is 10.1 Å². The molecule has 2 heterocycles. The van der Waals surface area contributed by atoms with E-state index < -0.39 is 0 Å². The minimum absolute atomic E-state index is 0.484. The van der Waals surface area contributed by atoms with Gasteiger partial charge in [-0.25, -0.2) is 4.68 Å². The second-order valence-electron chi connectivity index (χ2n) is 6.14. The van der Waals surface area contributed by atoms with Crippen molar-refractivity contribution < 1.29 is 9.47 Å². The number of halogens is 1. The van der Waals surface area contributed by atoms with Crippen molar-refractivity contribution in [3.8, 4) is 17.1 Å². The number of rotatable bonds is 7. The molecule has 4 aromatic rings. The summed E-state index contributed by atoms with van der Waals surface area (Å²) in [5.74, 6) is 1.90. The molecule has 0 spiro atoms. The monoisotopic (exact) mass is 398 g/mol. The molecule has 8 nitrogen and oxygen atoms in total. The maximum absolute atomic E-state index is 6.48. The molecule has 0 aliphatic carbocycles. The van der Waals surface area contributed by atoms with Crippen LogP contribution in [0.25, 0.3) is 22.3 Å². The molecule has 0 aliphatic heterocycles. The fourth-order valence-electron chi connectivity index (χ4n) is 2.78. The van der Waals surface area contributed by atoms with E-state index in [-0.39, 0.29) is 0 Å². The normalized spacial score (nSPS) is 11.1. The van der Waals surface area contributed by atoms with E-state index >= 15 is 0 Å². The Balaban J connectivity index is 1.58. The Morgan fingerprint density at radius 3 is 2.96 bits per heavy atom. The van der Waals surface area contributed by atoms with Crippen molar-refractivity contribution in [1.29, 1.82) is 0 Å². The molecule has 0 fully saturated rings. The number of hydrogen-bond donors (Lipinski definition) is 2. The number of aromatic nitrogens is 5. The first-order chi connectivity index (χ1) is 13.7. The average Bonchev–Trinajstić information content (AvgIpc) is 3.32. The average molecular weight is 399 g/mol. The number of benzene rings is 2. The second-order valence-corrected chi connectivity index (χ2v) is 6.51. The highest BCUT2D eigenvalue weighted by atomic mass is 35.5. The largest absolute Gasteiger partial charge is 0.491 e. The Morgan fingerprint density at radius 2 is 2.11 bits per heavy atom. The van der Waals surface area contributed by atoms with E-state index in [0.29, 0.717) is 30.0 Å². The molecule has 28 heavy (non-hydrogen) atoms. The summed E-state index contributed by atoms with van der Waals surface area (Å²) in [7, 11) is 3.46. The van der Waals surface area contributed by atoms with Crippen molar-refractivity contribution >= 4 is 34.1 Å². The predicted octanol–water partition coefficient (Wildman–Crippen LogP) is 3.78. The fraction of sp³-hybridized carbons (Fsp3) is 0.211. The first-order valence-corrected chi connectivity index (χ1v) is 9.05. The third-order valence-electron chi connectivity index (χ3n) is 4.22. The summed E-state index contributed by atoms with van der Waals surface area (Å²) in [6.07, 6.45) is 1.69. The third kappa shape index (κ3) is 3.64. The lowest BCUT2D eigenvalue weighted by Gasteiger charge is -2.07. The Labute approximate surface area is 166 Å². The van der Waals surface area contributed by atoms with Crippen LogP contribution >= 0.6 is 11.6 Å². The molecule has 0 bridgehead atoms. The highest BCUT2D eigenvalue weighted by molar-refractivity contribution is 6.38. The van der Waals surface area contributed by atoms with Crippen LogP contribution in [-0.2, 0) is 11.8 Å². The summed E-state index contributed by atoms with van der Waals surface area (Å²) >= 11 is 6.48. The van der Waals surface area contributed by atoms with Gasteiger partial charge in [-0.3, -0.25) is 5.10 Å². The fourth-order valence-corrected chi connectivity index (χ4v) is 3.04. The molecular weight excluding hydrogens is 380 g/mol. The van der Waals surface area contributed by atoms with Crippen LogP contribution in [0.4, 0.5) is 11.6 Å². The number of nitrogens with zero attached hydrogens (tertiary/aromatic N) is 4. The van der Waals surface area contributed by atoms with Crippen LogP contribution < -0.4 is 10.1 Å². The van der Waals surface area contributed by atoms with Gasteiger partial charge in [0.25, 0.3) is 0 Å². The SMILES string of the molecule is COCCOc1cccc(-c2nc(Nc3ccc4[nH]ncc4c3Cl)n(C)n2)c1. The van der Waals surface area contributed by atoms with Gasteiger partial charge < -0.3 is 14.8 Å². The smallest absolute Gasteiger partial charge is 0.225 e. The molecule has 0 radical (unpaired) electrons. The summed E-state index contributed by atoms with van der Waals surface area (Å²) in [4.78, 5) is 4.60. The quantitative estimate of drug-likeness (QED) is 0.460. The van der Waals surface area contributed by atoms with Crippen LogP contribution in [0.1, 0.15) is 0 Å². The van der Waals surface area contributed by atoms with Crippen LogP contribution in [0.3, 0.4) is 0 Å². The summed E-state index contributed by atoms with van der Waals surface area (Å²) in [5, 5.41) is 16.1. The number of H-pyrrole nitrogens is 1. The molecule has 2 aromatic heterocycles. The first-order valence-electron chi connectivity index (χ1n) is 8.67. The number of aryl methyl sites for hydroxylation is 1. The van der Waals surface area contributed by atoms with E-state index in [1.54, 1.807) is 18.0 Å². The van der Waals surface area contributed by atoms with Gasteiger partial charge in [0.1, 0.15) is 12.4 Å². The molecule has 4 rings (SSSR count). The second kappa shape index (κ2) is 7.87. The van der Waals surface area contributed by atoms with Gasteiger partial charge in [-0.05, 0) is 24.3 Å². The van der Waals surface area contributed by atoms with E-state index in [9.17, 15) is 0 Å². The van der Waals surface area contributed by atoms with Gasteiger partial charge in [0.15, 0.2) is 5.82 Å². The zero-order valence-corrected chi connectivity index (χ0v) is 16.2. The molecule has 0 atom stereocenters. The minimum atomic E-state index is 0.484. The van der Waals surface area contributed by atoms with Gasteiger partial charge in [0, 0.05) is 25.1 Å². The minimum Gasteiger partial charge on any atom is -0.491 e. The lowest BCUT2D eigenvalue weighted by molar-refractivity contribution is 0.146. The summed E-state index contributed by atoms with van der Waals surface area (Å²) in [6, 6.07) is 11.4. The molecule has 0 unspecified atom stereocenters. The number of hydrogen-bond acceptors (Lipinski definition) is 6. The Hall–Kier alpha value is -3.10. The van der Waals surface area contributed by atoms with E-state index in [4.69, 9.17) is 21.1 Å². The van der Waals surface area contributed by atoms with Crippen molar-refractivity contribution in [3.05, 3.63) is 47.6 Å². The van der Waals surface area contributed by atoms with Gasteiger partial charge in [0.2, 0.25) is 5.95 Å². The van der Waals surface area contributed by atoms with Gasteiger partial charge in [-0.1, -0.05) is 23.7 Å². The van der Waals surface area contributed by atoms with E-state index in [2.05, 4.69) is 25.6 Å². The number of methoxy groups -OCH3 is 1. The van der Waals surface area contributed by atoms with Crippen molar-refractivity contribution in [2.45, 2.75) is 0 Å². The number of aromatic amines is 1. The van der Waals surface area contributed by atoms with Crippen LogP contribution in [-0.4, -0.2) is 45.3 Å². The zero-order chi connectivity index (χ0) is 19.5. The zero-order valence-electron chi connectivity index (χ0n) is 15.4. The molecule has 0 amide bonds. The molecule has 0 saturated heterocycles. The standard InChI is InChI=1S/C19H19ClN6O2/c1-26-19(22-16-7-6-15-14(17(16)20)11-21-24-15)23-18(25-26)12-4-3-5-13(10-12)28-9-8-27-2/h3-7,10-11H,8-9H2,1-2H3,(H,21,24)(H,22,23,25). The summed E-state index contributed by atoms with van der Waals surface area (Å²) in [5.41, 5.74) is 2.46. The van der Waals surface area contributed by atoms with Crippen molar-refractivity contribution in [2.24, 2.45) is 7.05 Å². The van der Waals surface area contributed by atoms with Gasteiger partial charge >= 0.3 is 0 Å². The maximum Gasteiger partial charge on any atom is 0.225 e. The van der Waals surface area contributed by atoms with E-state index in [1.807, 2.05) is 43.4 Å². The van der Waals surface area contributed by atoms with Gasteiger partial charge in [-0.15, -0.1) is 5.10 Å². The number of ether oxygens (including phenoxy) is 2. The van der Waals surface area contributed by atoms with Crippen molar-refractivity contribution in [3.63, 3.8) is 0 Å².